The van der Waals surface area contributed by atoms with E-state index < -0.39 is 0 Å². The molecule has 0 aromatic carbocycles. The van der Waals surface area contributed by atoms with E-state index in [1.54, 1.807) is 5.56 Å². The Morgan fingerprint density at radius 3 is 2.94 bits per heavy atom. The van der Waals surface area contributed by atoms with Crippen LogP contribution in [0.5, 0.6) is 0 Å². The summed E-state index contributed by atoms with van der Waals surface area (Å²) >= 11 is 0. The van der Waals surface area contributed by atoms with Gasteiger partial charge in [-0.15, -0.1) is 0 Å². The number of fused-ring (bicyclic) bond motifs is 1. The van der Waals surface area contributed by atoms with Gasteiger partial charge in [0.1, 0.15) is 0 Å². The molecule has 0 spiro atoms. The zero-order valence-electron chi connectivity index (χ0n) is 9.94. The SMILES string of the molecule is Cc1[nH]c2c(c1C1COCCN1)CCCC2. The van der Waals surface area contributed by atoms with Crippen LogP contribution in [-0.2, 0) is 17.6 Å². The molecule has 2 heterocycles. The zero-order chi connectivity index (χ0) is 11.0. The van der Waals surface area contributed by atoms with Crippen LogP contribution in [0.1, 0.15) is 41.4 Å². The van der Waals surface area contributed by atoms with Crippen molar-refractivity contribution in [2.24, 2.45) is 0 Å². The van der Waals surface area contributed by atoms with Crippen molar-refractivity contribution in [2.75, 3.05) is 19.8 Å². The Kier molecular flexibility index (Phi) is 2.74. The molecule has 0 amide bonds. The van der Waals surface area contributed by atoms with E-state index in [9.17, 15) is 0 Å². The summed E-state index contributed by atoms with van der Waals surface area (Å²) in [7, 11) is 0. The van der Waals surface area contributed by atoms with Gasteiger partial charge in [-0.05, 0) is 43.7 Å². The van der Waals surface area contributed by atoms with Crippen molar-refractivity contribution in [3.8, 4) is 0 Å². The molecule has 1 fully saturated rings. The van der Waals surface area contributed by atoms with E-state index in [1.165, 1.54) is 42.6 Å². The molecule has 1 atom stereocenters. The number of nitrogens with one attached hydrogen (secondary N) is 2. The van der Waals surface area contributed by atoms with E-state index in [2.05, 4.69) is 17.2 Å². The number of rotatable bonds is 1. The molecule has 2 aliphatic rings. The molecule has 1 aliphatic carbocycles. The summed E-state index contributed by atoms with van der Waals surface area (Å²) in [5.41, 5.74) is 5.89. The Morgan fingerprint density at radius 2 is 2.12 bits per heavy atom. The number of morpholine rings is 1. The lowest BCUT2D eigenvalue weighted by atomic mass is 9.91. The first-order chi connectivity index (χ1) is 7.86. The minimum Gasteiger partial charge on any atom is -0.378 e. The van der Waals surface area contributed by atoms with Gasteiger partial charge in [0, 0.05) is 17.9 Å². The smallest absolute Gasteiger partial charge is 0.0662 e. The van der Waals surface area contributed by atoms with Crippen LogP contribution < -0.4 is 5.32 Å². The van der Waals surface area contributed by atoms with Gasteiger partial charge in [-0.3, -0.25) is 0 Å². The highest BCUT2D eigenvalue weighted by Crippen LogP contribution is 2.31. The first kappa shape index (κ1) is 10.4. The van der Waals surface area contributed by atoms with Crippen molar-refractivity contribution < 1.29 is 4.74 Å². The number of aryl methyl sites for hydroxylation is 2. The highest BCUT2D eigenvalue weighted by atomic mass is 16.5. The number of aromatic nitrogens is 1. The first-order valence-corrected chi connectivity index (χ1v) is 6.37. The van der Waals surface area contributed by atoms with Crippen molar-refractivity contribution in [1.29, 1.82) is 0 Å². The van der Waals surface area contributed by atoms with Crippen LogP contribution in [0.2, 0.25) is 0 Å². The third-order valence-corrected chi connectivity index (χ3v) is 3.81. The molecule has 3 rings (SSSR count). The zero-order valence-corrected chi connectivity index (χ0v) is 9.94. The molecule has 1 aromatic rings. The lowest BCUT2D eigenvalue weighted by molar-refractivity contribution is 0.0764. The molecule has 16 heavy (non-hydrogen) atoms. The van der Waals surface area contributed by atoms with Gasteiger partial charge >= 0.3 is 0 Å². The van der Waals surface area contributed by atoms with Crippen molar-refractivity contribution in [2.45, 2.75) is 38.6 Å². The fraction of sp³-hybridized carbons (Fsp3) is 0.692. The second kappa shape index (κ2) is 4.22. The molecule has 1 aromatic heterocycles. The van der Waals surface area contributed by atoms with Gasteiger partial charge in [-0.25, -0.2) is 0 Å². The highest BCUT2D eigenvalue weighted by molar-refractivity contribution is 5.40. The second-order valence-corrected chi connectivity index (χ2v) is 4.91. The summed E-state index contributed by atoms with van der Waals surface area (Å²) in [6.45, 7) is 4.85. The van der Waals surface area contributed by atoms with Crippen LogP contribution in [0.4, 0.5) is 0 Å². The van der Waals surface area contributed by atoms with Crippen LogP contribution >= 0.6 is 0 Å². The Morgan fingerprint density at radius 1 is 1.25 bits per heavy atom. The quantitative estimate of drug-likeness (QED) is 0.758. The normalized spacial score (nSPS) is 25.4. The van der Waals surface area contributed by atoms with Gasteiger partial charge in [0.25, 0.3) is 0 Å². The lowest BCUT2D eigenvalue weighted by Gasteiger charge is -2.26. The van der Waals surface area contributed by atoms with Crippen molar-refractivity contribution in [3.63, 3.8) is 0 Å². The first-order valence-electron chi connectivity index (χ1n) is 6.37. The summed E-state index contributed by atoms with van der Waals surface area (Å²) in [6, 6.07) is 0.409. The van der Waals surface area contributed by atoms with Gasteiger partial charge < -0.3 is 15.0 Å². The van der Waals surface area contributed by atoms with E-state index in [4.69, 9.17) is 4.74 Å². The van der Waals surface area contributed by atoms with Crippen molar-refractivity contribution in [3.05, 3.63) is 22.5 Å². The predicted molar refractivity (Wildman–Crippen MR) is 63.7 cm³/mol. The molecule has 3 heteroatoms. The molecule has 1 unspecified atom stereocenters. The average Bonchev–Trinajstić information content (AvgIpc) is 2.66. The molecular formula is C13H20N2O. The number of hydrogen-bond donors (Lipinski definition) is 2. The van der Waals surface area contributed by atoms with Crippen LogP contribution in [0.25, 0.3) is 0 Å². The molecule has 0 bridgehead atoms. The average molecular weight is 220 g/mol. The molecule has 1 saturated heterocycles. The highest BCUT2D eigenvalue weighted by Gasteiger charge is 2.25. The molecule has 0 saturated carbocycles. The number of H-pyrrole nitrogens is 1. The minimum atomic E-state index is 0.409. The molecule has 88 valence electrons. The number of aromatic amines is 1. The molecular weight excluding hydrogens is 200 g/mol. The maximum absolute atomic E-state index is 5.58. The largest absolute Gasteiger partial charge is 0.378 e. The summed E-state index contributed by atoms with van der Waals surface area (Å²) in [4.78, 5) is 3.57. The van der Waals surface area contributed by atoms with Crippen LogP contribution in [0.15, 0.2) is 0 Å². The maximum atomic E-state index is 5.58. The predicted octanol–water partition coefficient (Wildman–Crippen LogP) is 1.86. The monoisotopic (exact) mass is 220 g/mol. The minimum absolute atomic E-state index is 0.409. The summed E-state index contributed by atoms with van der Waals surface area (Å²) in [6.07, 6.45) is 5.14. The van der Waals surface area contributed by atoms with Gasteiger partial charge in [-0.2, -0.15) is 0 Å². The van der Waals surface area contributed by atoms with Crippen LogP contribution in [0.3, 0.4) is 0 Å². The van der Waals surface area contributed by atoms with E-state index >= 15 is 0 Å². The van der Waals surface area contributed by atoms with Gasteiger partial charge in [0.2, 0.25) is 0 Å². The Bertz CT molecular complexity index is 378. The molecule has 3 nitrogen and oxygen atoms in total. The molecule has 1 aliphatic heterocycles. The van der Waals surface area contributed by atoms with Gasteiger partial charge in [-0.1, -0.05) is 0 Å². The third-order valence-electron chi connectivity index (χ3n) is 3.81. The summed E-state index contributed by atoms with van der Waals surface area (Å²) in [5, 5.41) is 3.57. The number of ether oxygens (including phenoxy) is 1. The Hall–Kier alpha value is -0.800. The fourth-order valence-corrected chi connectivity index (χ4v) is 3.08. The molecule has 2 N–H and O–H groups in total. The van der Waals surface area contributed by atoms with E-state index in [-0.39, 0.29) is 0 Å². The fourth-order valence-electron chi connectivity index (χ4n) is 3.08. The lowest BCUT2D eigenvalue weighted by Crippen LogP contribution is -2.35. The Balaban J connectivity index is 1.95. The second-order valence-electron chi connectivity index (χ2n) is 4.91. The van der Waals surface area contributed by atoms with Gasteiger partial charge in [0.05, 0.1) is 19.3 Å². The maximum Gasteiger partial charge on any atom is 0.0662 e. The third kappa shape index (κ3) is 1.68. The molecule has 0 radical (unpaired) electrons. The summed E-state index contributed by atoms with van der Waals surface area (Å²) < 4.78 is 5.58. The van der Waals surface area contributed by atoms with Crippen LogP contribution in [-0.4, -0.2) is 24.7 Å². The topological polar surface area (TPSA) is 37.0 Å². The number of hydrogen-bond acceptors (Lipinski definition) is 2. The van der Waals surface area contributed by atoms with Crippen molar-refractivity contribution >= 4 is 0 Å². The Labute approximate surface area is 96.6 Å². The summed E-state index contributed by atoms with van der Waals surface area (Å²) in [5.74, 6) is 0. The van der Waals surface area contributed by atoms with Crippen LogP contribution in [0, 0.1) is 6.92 Å². The van der Waals surface area contributed by atoms with E-state index in [0.717, 1.165) is 19.8 Å². The van der Waals surface area contributed by atoms with E-state index in [0.29, 0.717) is 6.04 Å². The van der Waals surface area contributed by atoms with Gasteiger partial charge in [0.15, 0.2) is 0 Å². The standard InChI is InChI=1S/C13H20N2O/c1-9-13(12-8-16-7-6-14-12)10-4-2-3-5-11(10)15-9/h12,14-15H,2-8H2,1H3. The van der Waals surface area contributed by atoms with E-state index in [1.807, 2.05) is 0 Å². The van der Waals surface area contributed by atoms with Crippen molar-refractivity contribution in [1.82, 2.24) is 10.3 Å².